The van der Waals surface area contributed by atoms with E-state index in [9.17, 15) is 9.18 Å². The summed E-state index contributed by atoms with van der Waals surface area (Å²) in [4.78, 5) is 19.1. The molecule has 2 heterocycles. The van der Waals surface area contributed by atoms with Crippen LogP contribution in [0.4, 0.5) is 9.52 Å². The van der Waals surface area contributed by atoms with Crippen LogP contribution in [0.1, 0.15) is 82.5 Å². The lowest BCUT2D eigenvalue weighted by Crippen LogP contribution is -2.38. The van der Waals surface area contributed by atoms with Gasteiger partial charge in [-0.25, -0.2) is 9.37 Å². The molecule has 1 amide bonds. The minimum absolute atomic E-state index is 0.204. The Bertz CT molecular complexity index is 803. The second kappa shape index (κ2) is 13.5. The highest BCUT2D eigenvalue weighted by Gasteiger charge is 2.22. The number of halogens is 1. The Morgan fingerprint density at radius 1 is 1.09 bits per heavy atom. The largest absolute Gasteiger partial charge is 0.356 e. The summed E-state index contributed by atoms with van der Waals surface area (Å²) >= 11 is 1.44. The van der Waals surface area contributed by atoms with Crippen LogP contribution >= 0.6 is 11.5 Å². The highest BCUT2D eigenvalue weighted by atomic mass is 32.1. The molecule has 7 heteroatoms. The first-order valence-corrected chi connectivity index (χ1v) is 13.0. The van der Waals surface area contributed by atoms with Gasteiger partial charge < -0.3 is 10.2 Å². The number of aromatic nitrogens is 2. The number of nitrogens with one attached hydrogen (secondary N) is 1. The molecule has 0 spiro atoms. The SMILES string of the molecule is CCCCCCCCCC(=O)NCC1CCN(c2nc(Cc3ccc(F)cc3)ns2)CC1. The van der Waals surface area contributed by atoms with Gasteiger partial charge >= 0.3 is 0 Å². The molecule has 2 aromatic rings. The molecule has 1 N–H and O–H groups in total. The van der Waals surface area contributed by atoms with Crippen molar-refractivity contribution in [3.63, 3.8) is 0 Å². The number of piperidine rings is 1. The van der Waals surface area contributed by atoms with Gasteiger partial charge in [0.15, 0.2) is 0 Å². The van der Waals surface area contributed by atoms with Crippen molar-refractivity contribution in [2.24, 2.45) is 5.92 Å². The number of rotatable bonds is 13. The van der Waals surface area contributed by atoms with Crippen LogP contribution in [0.2, 0.25) is 0 Å². The molecular formula is C25H37FN4OS. The molecule has 1 aliphatic rings. The number of hydrogen-bond acceptors (Lipinski definition) is 5. The van der Waals surface area contributed by atoms with Crippen molar-refractivity contribution >= 4 is 22.6 Å². The van der Waals surface area contributed by atoms with E-state index in [1.54, 1.807) is 12.1 Å². The summed E-state index contributed by atoms with van der Waals surface area (Å²) in [5, 5.41) is 4.11. The minimum atomic E-state index is -0.224. The number of benzene rings is 1. The van der Waals surface area contributed by atoms with E-state index in [0.717, 1.165) is 55.4 Å². The summed E-state index contributed by atoms with van der Waals surface area (Å²) in [6.45, 7) is 4.92. The maximum absolute atomic E-state index is 13.1. The van der Waals surface area contributed by atoms with Gasteiger partial charge in [-0.2, -0.15) is 4.37 Å². The predicted molar refractivity (Wildman–Crippen MR) is 130 cm³/mol. The van der Waals surface area contributed by atoms with Crippen LogP contribution in [0, 0.1) is 11.7 Å². The fraction of sp³-hybridized carbons (Fsp3) is 0.640. The van der Waals surface area contributed by atoms with E-state index in [-0.39, 0.29) is 11.7 Å². The van der Waals surface area contributed by atoms with Gasteiger partial charge in [0, 0.05) is 44.0 Å². The number of amides is 1. The molecule has 5 nitrogen and oxygen atoms in total. The van der Waals surface area contributed by atoms with Crippen molar-refractivity contribution in [3.8, 4) is 0 Å². The minimum Gasteiger partial charge on any atom is -0.356 e. The predicted octanol–water partition coefficient (Wildman–Crippen LogP) is 5.74. The molecule has 1 fully saturated rings. The number of anilines is 1. The van der Waals surface area contributed by atoms with Crippen LogP contribution in [-0.2, 0) is 11.2 Å². The molecule has 0 bridgehead atoms. The lowest BCUT2D eigenvalue weighted by atomic mass is 9.97. The van der Waals surface area contributed by atoms with Crippen molar-refractivity contribution in [1.29, 1.82) is 0 Å². The van der Waals surface area contributed by atoms with Crippen molar-refractivity contribution in [1.82, 2.24) is 14.7 Å². The van der Waals surface area contributed by atoms with E-state index in [4.69, 9.17) is 0 Å². The molecule has 0 unspecified atom stereocenters. The summed E-state index contributed by atoms with van der Waals surface area (Å²) in [7, 11) is 0. The molecular weight excluding hydrogens is 423 g/mol. The second-order valence-electron chi connectivity index (χ2n) is 8.90. The number of nitrogens with zero attached hydrogens (tertiary/aromatic N) is 3. The Kier molecular flexibility index (Phi) is 10.4. The fourth-order valence-corrected chi connectivity index (χ4v) is 4.88. The number of carbonyl (C=O) groups excluding carboxylic acids is 1. The Morgan fingerprint density at radius 3 is 2.50 bits per heavy atom. The maximum atomic E-state index is 13.1. The van der Waals surface area contributed by atoms with Crippen molar-refractivity contribution in [2.75, 3.05) is 24.5 Å². The number of hydrogen-bond donors (Lipinski definition) is 1. The van der Waals surface area contributed by atoms with Gasteiger partial charge in [0.05, 0.1) is 0 Å². The molecule has 1 aromatic carbocycles. The third-order valence-corrected chi connectivity index (χ3v) is 7.03. The fourth-order valence-electron chi connectivity index (χ4n) is 4.15. The van der Waals surface area contributed by atoms with Gasteiger partial charge in [0.1, 0.15) is 11.6 Å². The molecule has 0 radical (unpaired) electrons. The Hall–Kier alpha value is -2.02. The van der Waals surface area contributed by atoms with E-state index in [2.05, 4.69) is 26.5 Å². The third-order valence-electron chi connectivity index (χ3n) is 6.21. The van der Waals surface area contributed by atoms with Gasteiger partial charge in [-0.05, 0) is 42.9 Å². The van der Waals surface area contributed by atoms with Crippen LogP contribution in [-0.4, -0.2) is 34.9 Å². The van der Waals surface area contributed by atoms with Crippen LogP contribution in [0.15, 0.2) is 24.3 Å². The molecule has 0 atom stereocenters. The highest BCUT2D eigenvalue weighted by Crippen LogP contribution is 2.25. The van der Waals surface area contributed by atoms with Crippen LogP contribution in [0.25, 0.3) is 0 Å². The van der Waals surface area contributed by atoms with Crippen LogP contribution in [0.3, 0.4) is 0 Å². The van der Waals surface area contributed by atoms with Crippen LogP contribution in [0.5, 0.6) is 0 Å². The zero-order valence-electron chi connectivity index (χ0n) is 19.3. The standard InChI is InChI=1S/C25H37FN4OS/c1-2-3-4-5-6-7-8-9-24(31)27-19-21-14-16-30(17-15-21)25-28-23(29-32-25)18-20-10-12-22(26)13-11-20/h10-13,21H,2-9,14-19H2,1H3,(H,27,31). The van der Waals surface area contributed by atoms with Gasteiger partial charge in [-0.1, -0.05) is 57.6 Å². The quantitative estimate of drug-likeness (QED) is 0.387. The Balaban J connectivity index is 1.29. The zero-order chi connectivity index (χ0) is 22.6. The van der Waals surface area contributed by atoms with E-state index in [1.165, 1.54) is 62.2 Å². The summed E-state index contributed by atoms with van der Waals surface area (Å²) < 4.78 is 17.5. The topological polar surface area (TPSA) is 58.1 Å². The van der Waals surface area contributed by atoms with Crippen molar-refractivity contribution in [2.45, 2.75) is 77.6 Å². The molecule has 3 rings (SSSR count). The summed E-state index contributed by atoms with van der Waals surface area (Å²) in [6, 6.07) is 6.51. The first kappa shape index (κ1) is 24.6. The lowest BCUT2D eigenvalue weighted by Gasteiger charge is -2.31. The molecule has 1 aliphatic heterocycles. The Labute approximate surface area is 196 Å². The van der Waals surface area contributed by atoms with E-state index in [1.807, 2.05) is 0 Å². The van der Waals surface area contributed by atoms with Crippen molar-refractivity contribution in [3.05, 3.63) is 41.5 Å². The van der Waals surface area contributed by atoms with E-state index in [0.29, 0.717) is 18.8 Å². The third kappa shape index (κ3) is 8.49. The smallest absolute Gasteiger partial charge is 0.220 e. The van der Waals surface area contributed by atoms with Crippen LogP contribution < -0.4 is 10.2 Å². The molecule has 1 saturated heterocycles. The number of unbranched alkanes of at least 4 members (excludes halogenated alkanes) is 6. The molecule has 1 aromatic heterocycles. The molecule has 0 aliphatic carbocycles. The highest BCUT2D eigenvalue weighted by molar-refractivity contribution is 7.09. The normalized spacial score (nSPS) is 14.6. The Morgan fingerprint density at radius 2 is 1.78 bits per heavy atom. The second-order valence-corrected chi connectivity index (χ2v) is 9.63. The molecule has 32 heavy (non-hydrogen) atoms. The first-order valence-electron chi connectivity index (χ1n) is 12.2. The average molecular weight is 461 g/mol. The monoisotopic (exact) mass is 460 g/mol. The summed E-state index contributed by atoms with van der Waals surface area (Å²) in [5.74, 6) is 1.31. The first-order chi connectivity index (χ1) is 15.6. The van der Waals surface area contributed by atoms with Gasteiger partial charge in [-0.3, -0.25) is 4.79 Å². The number of carbonyl (C=O) groups is 1. The van der Waals surface area contributed by atoms with E-state index < -0.39 is 0 Å². The lowest BCUT2D eigenvalue weighted by molar-refractivity contribution is -0.121. The van der Waals surface area contributed by atoms with Gasteiger partial charge in [0.25, 0.3) is 0 Å². The summed E-state index contributed by atoms with van der Waals surface area (Å²) in [6.07, 6.45) is 12.1. The van der Waals surface area contributed by atoms with Gasteiger partial charge in [-0.15, -0.1) is 0 Å². The average Bonchev–Trinajstić information content (AvgIpc) is 3.27. The molecule has 176 valence electrons. The summed E-state index contributed by atoms with van der Waals surface area (Å²) in [5.41, 5.74) is 1.02. The zero-order valence-corrected chi connectivity index (χ0v) is 20.1. The van der Waals surface area contributed by atoms with Gasteiger partial charge in [0.2, 0.25) is 11.0 Å². The van der Waals surface area contributed by atoms with Crippen molar-refractivity contribution < 1.29 is 9.18 Å². The van der Waals surface area contributed by atoms with E-state index >= 15 is 0 Å². The molecule has 0 saturated carbocycles. The maximum Gasteiger partial charge on any atom is 0.220 e.